The summed E-state index contributed by atoms with van der Waals surface area (Å²) in [7, 11) is 0. The number of carbonyl (C=O) groups is 2. The monoisotopic (exact) mass is 433 g/mol. The van der Waals surface area contributed by atoms with Gasteiger partial charge in [-0.05, 0) is 50.2 Å². The van der Waals surface area contributed by atoms with Crippen molar-refractivity contribution in [3.63, 3.8) is 0 Å². The summed E-state index contributed by atoms with van der Waals surface area (Å²) in [5, 5.41) is 6.64. The number of amides is 1. The molecule has 0 aliphatic heterocycles. The van der Waals surface area contributed by atoms with E-state index >= 15 is 0 Å². The summed E-state index contributed by atoms with van der Waals surface area (Å²) in [5.74, 6) is -1.79. The normalized spacial score (nSPS) is 12.2. The molecule has 0 saturated heterocycles. The zero-order chi connectivity index (χ0) is 22.6. The highest BCUT2D eigenvalue weighted by Gasteiger charge is 2.31. The molecular weight excluding hydrogens is 415 g/mol. The van der Waals surface area contributed by atoms with E-state index in [0.717, 1.165) is 17.8 Å². The lowest BCUT2D eigenvalue weighted by Crippen LogP contribution is -2.30. The van der Waals surface area contributed by atoms with Gasteiger partial charge in [0.2, 0.25) is 0 Å². The fourth-order valence-corrected chi connectivity index (χ4v) is 2.70. The molecule has 1 heterocycles. The number of nitrogens with one attached hydrogen (secondary N) is 1. The molecule has 7 nitrogen and oxygen atoms in total. The molecule has 1 unspecified atom stereocenters. The summed E-state index contributed by atoms with van der Waals surface area (Å²) in [5.41, 5.74) is 1.74. The number of halogens is 3. The van der Waals surface area contributed by atoms with Crippen molar-refractivity contribution >= 4 is 17.6 Å². The first kappa shape index (κ1) is 21.9. The zero-order valence-corrected chi connectivity index (χ0v) is 16.5. The lowest BCUT2D eigenvalue weighted by Gasteiger charge is -2.14. The quantitative estimate of drug-likeness (QED) is 0.588. The van der Waals surface area contributed by atoms with E-state index in [2.05, 4.69) is 15.2 Å². The van der Waals surface area contributed by atoms with Crippen molar-refractivity contribution in [2.45, 2.75) is 26.3 Å². The third-order valence-electron chi connectivity index (χ3n) is 4.24. The first-order valence-electron chi connectivity index (χ1n) is 9.12. The number of benzene rings is 2. The van der Waals surface area contributed by atoms with Gasteiger partial charge < -0.3 is 14.8 Å². The molecular formula is C21H18F3N3O4. The van der Waals surface area contributed by atoms with Crippen molar-refractivity contribution in [3.05, 3.63) is 72.1 Å². The van der Waals surface area contributed by atoms with Crippen LogP contribution in [0.3, 0.4) is 0 Å². The smallest absolute Gasteiger partial charge is 0.449 e. The van der Waals surface area contributed by atoms with Gasteiger partial charge in [-0.1, -0.05) is 18.2 Å². The van der Waals surface area contributed by atoms with Gasteiger partial charge in [0.15, 0.2) is 6.10 Å². The average molecular weight is 433 g/mol. The molecule has 1 atom stereocenters. The van der Waals surface area contributed by atoms with Crippen molar-refractivity contribution in [2.24, 2.45) is 0 Å². The highest BCUT2D eigenvalue weighted by molar-refractivity contribution is 5.97. The summed E-state index contributed by atoms with van der Waals surface area (Å²) in [6.07, 6.45) is -4.60. The third-order valence-corrected chi connectivity index (χ3v) is 4.24. The first-order chi connectivity index (χ1) is 14.6. The predicted octanol–water partition coefficient (Wildman–Crippen LogP) is 4.26. The SMILES string of the molecule is Cc1c(C(=O)OC(C)C(=O)Nc2ccc(OC(F)(F)F)cc2)cnn1-c1ccccc1. The Morgan fingerprint density at radius 3 is 2.32 bits per heavy atom. The van der Waals surface area contributed by atoms with E-state index in [-0.39, 0.29) is 11.3 Å². The molecule has 0 spiro atoms. The van der Waals surface area contributed by atoms with Crippen LogP contribution in [0.25, 0.3) is 5.69 Å². The second kappa shape index (κ2) is 8.90. The Labute approximate surface area is 175 Å². The molecule has 0 aliphatic carbocycles. The summed E-state index contributed by atoms with van der Waals surface area (Å²) in [4.78, 5) is 24.8. The molecule has 2 aromatic carbocycles. The minimum Gasteiger partial charge on any atom is -0.449 e. The van der Waals surface area contributed by atoms with Gasteiger partial charge in [0.1, 0.15) is 11.3 Å². The number of esters is 1. The largest absolute Gasteiger partial charge is 0.573 e. The molecule has 1 N–H and O–H groups in total. The van der Waals surface area contributed by atoms with Crippen LogP contribution in [0.1, 0.15) is 23.0 Å². The Bertz CT molecular complexity index is 1060. The van der Waals surface area contributed by atoms with Crippen LogP contribution < -0.4 is 10.1 Å². The van der Waals surface area contributed by atoms with E-state index in [4.69, 9.17) is 4.74 Å². The Kier molecular flexibility index (Phi) is 6.28. The first-order valence-corrected chi connectivity index (χ1v) is 9.12. The molecule has 0 bridgehead atoms. The molecule has 3 aromatic rings. The maximum Gasteiger partial charge on any atom is 0.573 e. The van der Waals surface area contributed by atoms with Crippen molar-refractivity contribution in [3.8, 4) is 11.4 Å². The highest BCUT2D eigenvalue weighted by Crippen LogP contribution is 2.24. The molecule has 3 rings (SSSR count). The second-order valence-electron chi connectivity index (χ2n) is 6.50. The third kappa shape index (κ3) is 5.62. The molecule has 0 fully saturated rings. The van der Waals surface area contributed by atoms with Crippen LogP contribution in [-0.4, -0.2) is 34.1 Å². The van der Waals surface area contributed by atoms with Gasteiger partial charge in [-0.15, -0.1) is 13.2 Å². The fraction of sp³-hybridized carbons (Fsp3) is 0.190. The number of anilines is 1. The number of alkyl halides is 3. The topological polar surface area (TPSA) is 82.5 Å². The second-order valence-corrected chi connectivity index (χ2v) is 6.50. The number of nitrogens with zero attached hydrogens (tertiary/aromatic N) is 2. The molecule has 31 heavy (non-hydrogen) atoms. The Balaban J connectivity index is 1.61. The van der Waals surface area contributed by atoms with Crippen molar-refractivity contribution in [1.29, 1.82) is 0 Å². The van der Waals surface area contributed by atoms with E-state index in [0.29, 0.717) is 5.69 Å². The standard InChI is InChI=1S/C21H18F3N3O4/c1-13-18(12-25-27(13)16-6-4-3-5-7-16)20(29)30-14(2)19(28)26-15-8-10-17(11-9-15)31-21(22,23)24/h3-12,14H,1-2H3,(H,26,28). The van der Waals surface area contributed by atoms with Crippen LogP contribution in [-0.2, 0) is 9.53 Å². The number of carbonyl (C=O) groups excluding carboxylic acids is 2. The Hall–Kier alpha value is -3.82. The van der Waals surface area contributed by atoms with Gasteiger partial charge >= 0.3 is 12.3 Å². The number of ether oxygens (including phenoxy) is 2. The van der Waals surface area contributed by atoms with Gasteiger partial charge in [-0.3, -0.25) is 4.79 Å². The van der Waals surface area contributed by atoms with Crippen LogP contribution in [0.2, 0.25) is 0 Å². The lowest BCUT2D eigenvalue weighted by atomic mass is 10.2. The van der Waals surface area contributed by atoms with E-state index in [1.807, 2.05) is 30.3 Å². The summed E-state index contributed by atoms with van der Waals surface area (Å²) in [6.45, 7) is 3.08. The molecule has 0 aliphatic rings. The van der Waals surface area contributed by atoms with Crippen molar-refractivity contribution < 1.29 is 32.2 Å². The van der Waals surface area contributed by atoms with Crippen molar-refractivity contribution in [1.82, 2.24) is 9.78 Å². The van der Waals surface area contributed by atoms with E-state index in [1.54, 1.807) is 11.6 Å². The lowest BCUT2D eigenvalue weighted by molar-refractivity contribution is -0.274. The summed E-state index contributed by atoms with van der Waals surface area (Å²) >= 11 is 0. The number of aromatic nitrogens is 2. The number of para-hydroxylation sites is 1. The van der Waals surface area contributed by atoms with Crippen LogP contribution >= 0.6 is 0 Å². The minimum atomic E-state index is -4.81. The maximum absolute atomic E-state index is 12.5. The van der Waals surface area contributed by atoms with Crippen LogP contribution in [0.4, 0.5) is 18.9 Å². The molecule has 10 heteroatoms. The van der Waals surface area contributed by atoms with Gasteiger partial charge in [-0.2, -0.15) is 5.10 Å². The van der Waals surface area contributed by atoms with Gasteiger partial charge in [0.25, 0.3) is 5.91 Å². The van der Waals surface area contributed by atoms with E-state index in [9.17, 15) is 22.8 Å². The number of rotatable bonds is 6. The van der Waals surface area contributed by atoms with Crippen LogP contribution in [0.15, 0.2) is 60.8 Å². The molecule has 1 amide bonds. The molecule has 0 saturated carbocycles. The molecule has 0 radical (unpaired) electrons. The van der Waals surface area contributed by atoms with Gasteiger partial charge in [0, 0.05) is 5.69 Å². The van der Waals surface area contributed by atoms with E-state index in [1.165, 1.54) is 25.3 Å². The minimum absolute atomic E-state index is 0.206. The van der Waals surface area contributed by atoms with Crippen LogP contribution in [0, 0.1) is 6.92 Å². The Morgan fingerprint density at radius 1 is 1.06 bits per heavy atom. The fourth-order valence-electron chi connectivity index (χ4n) is 2.70. The zero-order valence-electron chi connectivity index (χ0n) is 16.5. The summed E-state index contributed by atoms with van der Waals surface area (Å²) < 4.78 is 47.2. The maximum atomic E-state index is 12.5. The van der Waals surface area contributed by atoms with Crippen LogP contribution in [0.5, 0.6) is 5.75 Å². The van der Waals surface area contributed by atoms with Gasteiger partial charge in [0.05, 0.1) is 17.6 Å². The van der Waals surface area contributed by atoms with Crippen molar-refractivity contribution in [2.75, 3.05) is 5.32 Å². The van der Waals surface area contributed by atoms with E-state index < -0.39 is 30.1 Å². The molecule has 1 aromatic heterocycles. The predicted molar refractivity (Wildman–Crippen MR) is 105 cm³/mol. The Morgan fingerprint density at radius 2 is 1.71 bits per heavy atom. The highest BCUT2D eigenvalue weighted by atomic mass is 19.4. The van der Waals surface area contributed by atoms with Gasteiger partial charge in [-0.25, -0.2) is 9.48 Å². The number of hydrogen-bond acceptors (Lipinski definition) is 5. The number of hydrogen-bond donors (Lipinski definition) is 1. The molecule has 162 valence electrons. The average Bonchev–Trinajstić information content (AvgIpc) is 3.10. The summed E-state index contributed by atoms with van der Waals surface area (Å²) in [6, 6.07) is 13.8.